The highest BCUT2D eigenvalue weighted by Crippen LogP contribution is 2.48. The van der Waals surface area contributed by atoms with Crippen molar-refractivity contribution < 1.29 is 23.8 Å². The number of phenols is 1. The molecule has 0 radical (unpaired) electrons. The number of hydrogen-bond donors (Lipinski definition) is 1. The van der Waals surface area contributed by atoms with E-state index in [0.29, 0.717) is 23.3 Å². The summed E-state index contributed by atoms with van der Waals surface area (Å²) in [5.41, 5.74) is 1.08. The molecule has 7 heteroatoms. The van der Waals surface area contributed by atoms with Gasteiger partial charge in [-0.2, -0.15) is 0 Å². The number of amides is 1. The molecule has 5 rings (SSSR count). The quantitative estimate of drug-likeness (QED) is 0.707. The molecule has 1 saturated carbocycles. The molecule has 0 spiro atoms. The first-order chi connectivity index (χ1) is 14.0. The van der Waals surface area contributed by atoms with Crippen LogP contribution in [0.3, 0.4) is 0 Å². The molecule has 1 aromatic heterocycles. The van der Waals surface area contributed by atoms with Crippen molar-refractivity contribution in [3.05, 3.63) is 65.3 Å². The molecule has 2 aliphatic heterocycles. The maximum Gasteiger partial charge on any atom is 0.290 e. The van der Waals surface area contributed by atoms with Gasteiger partial charge < -0.3 is 19.2 Å². The van der Waals surface area contributed by atoms with Crippen molar-refractivity contribution in [3.63, 3.8) is 0 Å². The third-order valence-corrected chi connectivity index (χ3v) is 6.80. The van der Waals surface area contributed by atoms with Crippen LogP contribution < -0.4 is 0 Å². The number of benzene rings is 1. The first-order valence-electron chi connectivity index (χ1n) is 9.74. The summed E-state index contributed by atoms with van der Waals surface area (Å²) in [5.74, 6) is 0.268. The van der Waals surface area contributed by atoms with Gasteiger partial charge in [0, 0.05) is 4.83 Å². The van der Waals surface area contributed by atoms with Crippen LogP contribution in [0, 0.1) is 5.92 Å². The average molecular weight is 458 g/mol. The van der Waals surface area contributed by atoms with Crippen molar-refractivity contribution in [1.29, 1.82) is 0 Å². The number of furan rings is 1. The maximum absolute atomic E-state index is 13.5. The second kappa shape index (κ2) is 7.06. The van der Waals surface area contributed by atoms with Crippen LogP contribution in [-0.2, 0) is 20.9 Å². The zero-order valence-corrected chi connectivity index (χ0v) is 17.2. The highest BCUT2D eigenvalue weighted by atomic mass is 79.9. The molecule has 150 valence electrons. The fraction of sp³-hybridized carbons (Fsp3) is 0.364. The van der Waals surface area contributed by atoms with E-state index in [9.17, 15) is 14.7 Å². The number of aromatic hydroxyl groups is 1. The predicted octanol–water partition coefficient (Wildman–Crippen LogP) is 3.85. The van der Waals surface area contributed by atoms with E-state index in [1.807, 2.05) is 6.07 Å². The Hall–Kier alpha value is -2.54. The number of ketones is 1. The maximum atomic E-state index is 13.5. The third kappa shape index (κ3) is 3.08. The summed E-state index contributed by atoms with van der Waals surface area (Å²) in [6, 6.07) is 9.63. The summed E-state index contributed by atoms with van der Waals surface area (Å²) in [5, 5.41) is 10.0. The van der Waals surface area contributed by atoms with Crippen LogP contribution in [0.15, 0.2) is 58.4 Å². The minimum atomic E-state index is -0.612. The lowest BCUT2D eigenvalue weighted by atomic mass is 9.77. The smallest absolute Gasteiger partial charge is 0.290 e. The minimum Gasteiger partial charge on any atom is -0.508 e. The van der Waals surface area contributed by atoms with Gasteiger partial charge in [0.05, 0.1) is 30.3 Å². The Morgan fingerprint density at radius 3 is 2.79 bits per heavy atom. The molecule has 1 aromatic carbocycles. The monoisotopic (exact) mass is 457 g/mol. The molecule has 1 aliphatic carbocycles. The number of nitrogens with zero attached hydrogens (tertiary/aromatic N) is 1. The highest BCUT2D eigenvalue weighted by molar-refractivity contribution is 9.09. The lowest BCUT2D eigenvalue weighted by Gasteiger charge is -2.37. The van der Waals surface area contributed by atoms with Crippen LogP contribution in [0.4, 0.5) is 0 Å². The molecule has 4 atom stereocenters. The van der Waals surface area contributed by atoms with Gasteiger partial charge in [0.1, 0.15) is 17.6 Å². The molecule has 1 amide bonds. The van der Waals surface area contributed by atoms with Crippen LogP contribution in [0.25, 0.3) is 0 Å². The van der Waals surface area contributed by atoms with Crippen molar-refractivity contribution in [2.75, 3.05) is 0 Å². The van der Waals surface area contributed by atoms with Gasteiger partial charge in [0.25, 0.3) is 5.91 Å². The molecule has 4 unspecified atom stereocenters. The van der Waals surface area contributed by atoms with Crippen LogP contribution in [0.1, 0.15) is 36.6 Å². The normalized spacial score (nSPS) is 28.9. The third-order valence-electron chi connectivity index (χ3n) is 5.97. The number of ether oxygens (including phenoxy) is 1. The minimum absolute atomic E-state index is 0.0240. The summed E-state index contributed by atoms with van der Waals surface area (Å²) >= 11 is 3.64. The van der Waals surface area contributed by atoms with E-state index < -0.39 is 6.04 Å². The van der Waals surface area contributed by atoms with Gasteiger partial charge in [-0.1, -0.05) is 28.1 Å². The van der Waals surface area contributed by atoms with E-state index in [0.717, 1.165) is 12.8 Å². The van der Waals surface area contributed by atoms with Gasteiger partial charge in [0.2, 0.25) is 0 Å². The summed E-state index contributed by atoms with van der Waals surface area (Å²) in [4.78, 5) is 28.7. The molecule has 1 N–H and O–H groups in total. The first kappa shape index (κ1) is 18.5. The van der Waals surface area contributed by atoms with Crippen molar-refractivity contribution in [2.45, 2.75) is 42.8 Å². The Labute approximate surface area is 176 Å². The molecular weight excluding hydrogens is 438 g/mol. The molecule has 0 bridgehead atoms. The molecule has 1 fully saturated rings. The number of Topliss-reactive ketones (excluding diaryl/α,β-unsaturated/α-hetero) is 1. The number of phenolic OH excluding ortho intramolecular Hbond substituents is 1. The van der Waals surface area contributed by atoms with E-state index in [2.05, 4.69) is 15.9 Å². The SMILES string of the molecule is O=C1C2=C(OC3CCC(Br)CC13)C(=O)N(Cc1ccco1)C2c1cccc(O)c1. The molecule has 2 aromatic rings. The van der Waals surface area contributed by atoms with Crippen molar-refractivity contribution in [3.8, 4) is 5.75 Å². The molecule has 3 heterocycles. The first-order valence-corrected chi connectivity index (χ1v) is 10.7. The van der Waals surface area contributed by atoms with Crippen LogP contribution in [0.2, 0.25) is 0 Å². The highest BCUT2D eigenvalue weighted by Gasteiger charge is 2.52. The van der Waals surface area contributed by atoms with Gasteiger partial charge in [-0.25, -0.2) is 0 Å². The predicted molar refractivity (Wildman–Crippen MR) is 107 cm³/mol. The zero-order chi connectivity index (χ0) is 20.1. The number of alkyl halides is 1. The number of fused-ring (bicyclic) bond motifs is 1. The average Bonchev–Trinajstić information content (AvgIpc) is 3.31. The molecule has 6 nitrogen and oxygen atoms in total. The fourth-order valence-corrected chi connectivity index (χ4v) is 5.31. The zero-order valence-electron chi connectivity index (χ0n) is 15.6. The molecule has 3 aliphatic rings. The summed E-state index contributed by atoms with van der Waals surface area (Å²) in [7, 11) is 0. The van der Waals surface area contributed by atoms with E-state index >= 15 is 0 Å². The Kier molecular flexibility index (Phi) is 4.50. The number of hydrogen-bond acceptors (Lipinski definition) is 5. The van der Waals surface area contributed by atoms with Crippen molar-refractivity contribution in [2.24, 2.45) is 5.92 Å². The second-order valence-electron chi connectivity index (χ2n) is 7.79. The summed E-state index contributed by atoms with van der Waals surface area (Å²) in [6.07, 6.45) is 3.65. The molecular formula is C22H20BrNO5. The van der Waals surface area contributed by atoms with Gasteiger partial charge in [-0.15, -0.1) is 0 Å². The van der Waals surface area contributed by atoms with Gasteiger partial charge >= 0.3 is 0 Å². The summed E-state index contributed by atoms with van der Waals surface area (Å²) in [6.45, 7) is 0.214. The van der Waals surface area contributed by atoms with E-state index in [-0.39, 0.29) is 46.6 Å². The Bertz CT molecular complexity index is 998. The van der Waals surface area contributed by atoms with Gasteiger partial charge in [0.15, 0.2) is 11.5 Å². The summed E-state index contributed by atoms with van der Waals surface area (Å²) < 4.78 is 11.6. The van der Waals surface area contributed by atoms with Crippen LogP contribution in [0.5, 0.6) is 5.75 Å². The largest absolute Gasteiger partial charge is 0.508 e. The lowest BCUT2D eigenvalue weighted by Crippen LogP contribution is -2.41. The van der Waals surface area contributed by atoms with Crippen LogP contribution >= 0.6 is 15.9 Å². The Balaban J connectivity index is 1.59. The standard InChI is InChI=1S/C22H20BrNO5/c23-13-6-7-17-16(10-13)20(26)18-19(12-3-1-4-14(25)9-12)24(22(27)21(18)29-17)11-15-5-2-8-28-15/h1-5,8-9,13,16-17,19,25H,6-7,10-11H2. The number of halogens is 1. The van der Waals surface area contributed by atoms with Crippen molar-refractivity contribution in [1.82, 2.24) is 4.90 Å². The van der Waals surface area contributed by atoms with Crippen LogP contribution in [-0.4, -0.2) is 32.6 Å². The number of carbonyl (C=O) groups is 2. The van der Waals surface area contributed by atoms with Gasteiger partial charge in [-0.3, -0.25) is 9.59 Å². The van der Waals surface area contributed by atoms with Crippen molar-refractivity contribution >= 4 is 27.6 Å². The fourth-order valence-electron chi connectivity index (χ4n) is 4.64. The molecule has 0 saturated heterocycles. The Morgan fingerprint density at radius 2 is 2.03 bits per heavy atom. The van der Waals surface area contributed by atoms with E-state index in [1.54, 1.807) is 41.5 Å². The number of rotatable bonds is 3. The lowest BCUT2D eigenvalue weighted by molar-refractivity contribution is -0.135. The van der Waals surface area contributed by atoms with E-state index in [4.69, 9.17) is 9.15 Å². The van der Waals surface area contributed by atoms with Gasteiger partial charge in [-0.05, 0) is 49.1 Å². The Morgan fingerprint density at radius 1 is 1.17 bits per heavy atom. The molecule has 29 heavy (non-hydrogen) atoms. The number of carbonyl (C=O) groups excluding carboxylic acids is 2. The van der Waals surface area contributed by atoms with E-state index in [1.165, 1.54) is 0 Å². The second-order valence-corrected chi connectivity index (χ2v) is 9.09. The topological polar surface area (TPSA) is 80.0 Å².